The number of sulfonamides is 1. The first-order valence-corrected chi connectivity index (χ1v) is 10.4. The van der Waals surface area contributed by atoms with Gasteiger partial charge in [0.05, 0.1) is 23.6 Å². The molecule has 0 fully saturated rings. The maximum Gasteiger partial charge on any atom is 0.262 e. The largest absolute Gasteiger partial charge is 0.480 e. The summed E-state index contributed by atoms with van der Waals surface area (Å²) in [5, 5.41) is 8.89. The van der Waals surface area contributed by atoms with Gasteiger partial charge in [-0.2, -0.15) is 5.26 Å². The van der Waals surface area contributed by atoms with Gasteiger partial charge in [-0.1, -0.05) is 0 Å². The van der Waals surface area contributed by atoms with Gasteiger partial charge in [0.15, 0.2) is 0 Å². The average Bonchev–Trinajstić information content (AvgIpc) is 2.79. The van der Waals surface area contributed by atoms with Crippen molar-refractivity contribution in [1.82, 2.24) is 14.4 Å². The van der Waals surface area contributed by atoms with Gasteiger partial charge in [-0.3, -0.25) is 13.9 Å². The molecule has 4 rings (SSSR count). The molecule has 0 unspecified atom stereocenters. The second-order valence-corrected chi connectivity index (χ2v) is 8.13. The lowest BCUT2D eigenvalue weighted by Gasteiger charge is -2.13. The molecule has 31 heavy (non-hydrogen) atoms. The highest BCUT2D eigenvalue weighted by Crippen LogP contribution is 2.30. The number of hydrogen-bond acceptors (Lipinski definition) is 7. The van der Waals surface area contributed by atoms with Gasteiger partial charge >= 0.3 is 0 Å². The van der Waals surface area contributed by atoms with E-state index in [2.05, 4.69) is 14.7 Å². The first kappa shape index (κ1) is 20.1. The number of anilines is 1. The number of methoxy groups -OCH3 is 1. The van der Waals surface area contributed by atoms with Crippen LogP contribution in [0.25, 0.3) is 16.8 Å². The second-order valence-electron chi connectivity index (χ2n) is 6.45. The third kappa shape index (κ3) is 3.94. The Hall–Kier alpha value is -4.23. The number of pyridine rings is 2. The molecule has 0 aliphatic rings. The Bertz CT molecular complexity index is 1490. The quantitative estimate of drug-likeness (QED) is 0.512. The Morgan fingerprint density at radius 2 is 1.84 bits per heavy atom. The van der Waals surface area contributed by atoms with E-state index in [1.807, 2.05) is 6.07 Å². The predicted octanol–water partition coefficient (Wildman–Crippen LogP) is 2.44. The molecule has 0 saturated carbocycles. The van der Waals surface area contributed by atoms with Crippen molar-refractivity contribution in [2.75, 3.05) is 11.8 Å². The number of nitrogens with zero attached hydrogens (tertiary/aromatic N) is 4. The number of aromatic nitrogens is 3. The number of nitriles is 1. The summed E-state index contributed by atoms with van der Waals surface area (Å²) >= 11 is 0. The summed E-state index contributed by atoms with van der Waals surface area (Å²) in [4.78, 5) is 20.4. The summed E-state index contributed by atoms with van der Waals surface area (Å²) in [5.74, 6) is 0.0839. The highest BCUT2D eigenvalue weighted by molar-refractivity contribution is 7.92. The minimum Gasteiger partial charge on any atom is -0.480 e. The molecule has 4 aromatic rings. The molecule has 0 amide bonds. The Morgan fingerprint density at radius 1 is 1.06 bits per heavy atom. The van der Waals surface area contributed by atoms with E-state index in [4.69, 9.17) is 10.00 Å². The van der Waals surface area contributed by atoms with E-state index in [0.717, 1.165) is 0 Å². The molecule has 3 aromatic heterocycles. The minimum absolute atomic E-state index is 0.0118. The summed E-state index contributed by atoms with van der Waals surface area (Å²) in [7, 11) is -2.58. The van der Waals surface area contributed by atoms with Gasteiger partial charge < -0.3 is 4.74 Å². The molecule has 0 aliphatic carbocycles. The molecule has 0 atom stereocenters. The van der Waals surface area contributed by atoms with Crippen molar-refractivity contribution in [3.63, 3.8) is 0 Å². The zero-order chi connectivity index (χ0) is 22.0. The van der Waals surface area contributed by atoms with E-state index >= 15 is 0 Å². The van der Waals surface area contributed by atoms with Gasteiger partial charge in [-0.25, -0.2) is 18.4 Å². The number of ether oxygens (including phenoxy) is 1. The zero-order valence-corrected chi connectivity index (χ0v) is 17.0. The topological polar surface area (TPSA) is 126 Å². The van der Waals surface area contributed by atoms with Gasteiger partial charge in [0.2, 0.25) is 5.88 Å². The summed E-state index contributed by atoms with van der Waals surface area (Å²) in [6.45, 7) is 0. The van der Waals surface area contributed by atoms with Crippen LogP contribution in [0.15, 0.2) is 76.8 Å². The fourth-order valence-electron chi connectivity index (χ4n) is 2.96. The van der Waals surface area contributed by atoms with Crippen LogP contribution in [0.1, 0.15) is 5.56 Å². The van der Waals surface area contributed by atoms with E-state index in [1.165, 1.54) is 54.2 Å². The lowest BCUT2D eigenvalue weighted by atomic mass is 10.1. The average molecular weight is 433 g/mol. The summed E-state index contributed by atoms with van der Waals surface area (Å²) in [6, 6.07) is 13.8. The molecular formula is C21H15N5O4S. The number of rotatable bonds is 5. The van der Waals surface area contributed by atoms with Crippen molar-refractivity contribution >= 4 is 21.4 Å². The van der Waals surface area contributed by atoms with E-state index in [-0.39, 0.29) is 22.0 Å². The fourth-order valence-corrected chi connectivity index (χ4v) is 4.01. The van der Waals surface area contributed by atoms with E-state index in [1.54, 1.807) is 24.4 Å². The number of hydrogen-bond donors (Lipinski definition) is 1. The lowest BCUT2D eigenvalue weighted by Crippen LogP contribution is -2.14. The van der Waals surface area contributed by atoms with Crippen molar-refractivity contribution in [1.29, 1.82) is 5.26 Å². The van der Waals surface area contributed by atoms with Gasteiger partial charge in [-0.05, 0) is 42.5 Å². The Morgan fingerprint density at radius 3 is 2.55 bits per heavy atom. The molecular weight excluding hydrogens is 418 g/mol. The second kappa shape index (κ2) is 7.89. The Kier molecular flexibility index (Phi) is 5.10. The van der Waals surface area contributed by atoms with Crippen molar-refractivity contribution in [2.45, 2.75) is 4.90 Å². The summed E-state index contributed by atoms with van der Waals surface area (Å²) < 4.78 is 34.7. The molecule has 0 spiro atoms. The van der Waals surface area contributed by atoms with Crippen molar-refractivity contribution in [3.05, 3.63) is 83.0 Å². The lowest BCUT2D eigenvalue weighted by molar-refractivity contribution is 0.400. The molecule has 1 N–H and O–H groups in total. The van der Waals surface area contributed by atoms with Crippen LogP contribution >= 0.6 is 0 Å². The van der Waals surface area contributed by atoms with Crippen LogP contribution in [-0.4, -0.2) is 29.9 Å². The standard InChI is InChI=1S/C21H15N5O4S/c1-30-21-18(25-31(28,29)17-5-2-14(11-22)3-6-17)10-16(12-24-21)15-4-7-19-23-9-8-20(27)26(19)13-15/h2-10,12-13,25H,1H3. The maximum atomic E-state index is 12.8. The molecule has 154 valence electrons. The highest BCUT2D eigenvalue weighted by atomic mass is 32.2. The van der Waals surface area contributed by atoms with Crippen LogP contribution in [0.2, 0.25) is 0 Å². The molecule has 0 saturated heterocycles. The van der Waals surface area contributed by atoms with Gasteiger partial charge in [0.1, 0.15) is 11.3 Å². The van der Waals surface area contributed by atoms with Crippen LogP contribution in [0.5, 0.6) is 5.88 Å². The highest BCUT2D eigenvalue weighted by Gasteiger charge is 2.18. The van der Waals surface area contributed by atoms with Crippen molar-refractivity contribution in [3.8, 4) is 23.1 Å². The molecule has 9 nitrogen and oxygen atoms in total. The molecule has 1 aromatic carbocycles. The zero-order valence-electron chi connectivity index (χ0n) is 16.2. The van der Waals surface area contributed by atoms with Crippen molar-refractivity contribution < 1.29 is 13.2 Å². The molecule has 10 heteroatoms. The van der Waals surface area contributed by atoms with E-state index < -0.39 is 10.0 Å². The first-order chi connectivity index (χ1) is 14.9. The smallest absolute Gasteiger partial charge is 0.262 e. The minimum atomic E-state index is -3.96. The first-order valence-electron chi connectivity index (χ1n) is 8.96. The van der Waals surface area contributed by atoms with Gasteiger partial charge in [0.25, 0.3) is 15.6 Å². The van der Waals surface area contributed by atoms with Crippen LogP contribution in [-0.2, 0) is 10.0 Å². The number of fused-ring (bicyclic) bond motifs is 1. The molecule has 0 aliphatic heterocycles. The van der Waals surface area contributed by atoms with Gasteiger partial charge in [-0.15, -0.1) is 0 Å². The van der Waals surface area contributed by atoms with Crippen LogP contribution in [0.4, 0.5) is 5.69 Å². The third-order valence-electron chi connectivity index (χ3n) is 4.50. The molecule has 0 bridgehead atoms. The van der Waals surface area contributed by atoms with Crippen LogP contribution in [0, 0.1) is 11.3 Å². The number of benzene rings is 1. The van der Waals surface area contributed by atoms with E-state index in [0.29, 0.717) is 22.3 Å². The van der Waals surface area contributed by atoms with Crippen LogP contribution in [0.3, 0.4) is 0 Å². The SMILES string of the molecule is COc1ncc(-c2ccc3nccc(=O)n3c2)cc1NS(=O)(=O)c1ccc(C#N)cc1. The monoisotopic (exact) mass is 433 g/mol. The Balaban J connectivity index is 1.75. The van der Waals surface area contributed by atoms with Crippen molar-refractivity contribution in [2.24, 2.45) is 0 Å². The van der Waals surface area contributed by atoms with Gasteiger partial charge in [0, 0.05) is 35.8 Å². The van der Waals surface area contributed by atoms with E-state index in [9.17, 15) is 13.2 Å². The fraction of sp³-hybridized carbons (Fsp3) is 0.0476. The van der Waals surface area contributed by atoms with Crippen LogP contribution < -0.4 is 15.0 Å². The molecule has 0 radical (unpaired) electrons. The third-order valence-corrected chi connectivity index (χ3v) is 5.89. The molecule has 3 heterocycles. The predicted molar refractivity (Wildman–Crippen MR) is 113 cm³/mol. The summed E-state index contributed by atoms with van der Waals surface area (Å²) in [5.41, 5.74) is 1.92. The summed E-state index contributed by atoms with van der Waals surface area (Å²) in [6.07, 6.45) is 4.55. The Labute approximate surface area is 177 Å². The maximum absolute atomic E-state index is 12.8. The normalized spacial score (nSPS) is 11.1. The number of nitrogens with one attached hydrogen (secondary N) is 1.